The molecule has 3 aromatic carbocycles. The lowest BCUT2D eigenvalue weighted by Crippen LogP contribution is -2.30. The first-order valence-corrected chi connectivity index (χ1v) is 11.9. The summed E-state index contributed by atoms with van der Waals surface area (Å²) in [6.07, 6.45) is 1.72. The Bertz CT molecular complexity index is 1440. The number of ether oxygens (including phenoxy) is 1. The summed E-state index contributed by atoms with van der Waals surface area (Å²) in [4.78, 5) is 24.5. The van der Waals surface area contributed by atoms with Gasteiger partial charge in [-0.05, 0) is 73.2 Å². The molecule has 5 rings (SSSR count). The number of amides is 1. The van der Waals surface area contributed by atoms with Gasteiger partial charge in [-0.25, -0.2) is 4.98 Å². The molecule has 5 nitrogen and oxygen atoms in total. The Kier molecular flexibility index (Phi) is 6.25. The fraction of sp³-hybridized carbons (Fsp3) is 0.0741. The Morgan fingerprint density at radius 1 is 0.971 bits per heavy atom. The summed E-state index contributed by atoms with van der Waals surface area (Å²) in [5.74, 6) is 1.23. The highest BCUT2D eigenvalue weighted by molar-refractivity contribution is 7.22. The van der Waals surface area contributed by atoms with E-state index < -0.39 is 0 Å². The number of halogens is 1. The summed E-state index contributed by atoms with van der Waals surface area (Å²) in [5.41, 5.74) is 3.12. The predicted molar refractivity (Wildman–Crippen MR) is 137 cm³/mol. The number of anilines is 1. The Balaban J connectivity index is 1.47. The molecule has 168 valence electrons. The van der Waals surface area contributed by atoms with Gasteiger partial charge in [0.25, 0.3) is 5.91 Å². The second kappa shape index (κ2) is 9.63. The van der Waals surface area contributed by atoms with Crippen molar-refractivity contribution in [1.82, 2.24) is 9.97 Å². The van der Waals surface area contributed by atoms with Crippen molar-refractivity contribution in [3.63, 3.8) is 0 Å². The van der Waals surface area contributed by atoms with Crippen molar-refractivity contribution in [2.24, 2.45) is 0 Å². The third-order valence-corrected chi connectivity index (χ3v) is 6.49. The number of pyridine rings is 1. The lowest BCUT2D eigenvalue weighted by molar-refractivity contribution is 0.0985. The van der Waals surface area contributed by atoms with Crippen molar-refractivity contribution in [2.75, 3.05) is 4.90 Å². The number of aromatic nitrogens is 2. The highest BCUT2D eigenvalue weighted by Crippen LogP contribution is 2.34. The van der Waals surface area contributed by atoms with Crippen LogP contribution in [-0.2, 0) is 6.54 Å². The molecule has 2 aromatic heterocycles. The maximum Gasteiger partial charge on any atom is 0.260 e. The van der Waals surface area contributed by atoms with Crippen molar-refractivity contribution in [3.05, 3.63) is 113 Å². The largest absolute Gasteiger partial charge is 0.457 e. The van der Waals surface area contributed by atoms with Crippen LogP contribution < -0.4 is 9.64 Å². The quantitative estimate of drug-likeness (QED) is 0.253. The maximum atomic E-state index is 13.6. The molecule has 34 heavy (non-hydrogen) atoms. The van der Waals surface area contributed by atoms with Gasteiger partial charge < -0.3 is 4.74 Å². The maximum absolute atomic E-state index is 13.6. The van der Waals surface area contributed by atoms with Crippen molar-refractivity contribution in [2.45, 2.75) is 13.5 Å². The molecule has 0 N–H and O–H groups in total. The van der Waals surface area contributed by atoms with Gasteiger partial charge in [-0.2, -0.15) is 0 Å². The summed E-state index contributed by atoms with van der Waals surface area (Å²) >= 11 is 7.69. The van der Waals surface area contributed by atoms with E-state index in [9.17, 15) is 4.79 Å². The van der Waals surface area contributed by atoms with Crippen LogP contribution in [0.25, 0.3) is 10.2 Å². The van der Waals surface area contributed by atoms with E-state index in [0.717, 1.165) is 27.2 Å². The minimum absolute atomic E-state index is 0.167. The van der Waals surface area contributed by atoms with Gasteiger partial charge in [0.2, 0.25) is 0 Å². The second-order valence-electron chi connectivity index (χ2n) is 7.72. The number of aryl methyl sites for hydroxylation is 1. The van der Waals surface area contributed by atoms with Gasteiger partial charge in [0.05, 0.1) is 22.5 Å². The highest BCUT2D eigenvalue weighted by atomic mass is 35.5. The van der Waals surface area contributed by atoms with Crippen LogP contribution in [0, 0.1) is 6.92 Å². The molecule has 0 aliphatic carbocycles. The molecule has 0 fully saturated rings. The molecule has 0 saturated carbocycles. The van der Waals surface area contributed by atoms with E-state index in [2.05, 4.69) is 4.98 Å². The van der Waals surface area contributed by atoms with E-state index in [1.165, 1.54) is 11.3 Å². The molecule has 1 amide bonds. The molecule has 0 atom stereocenters. The van der Waals surface area contributed by atoms with E-state index in [1.807, 2.05) is 67.6 Å². The van der Waals surface area contributed by atoms with E-state index in [1.54, 1.807) is 35.4 Å². The van der Waals surface area contributed by atoms with E-state index in [-0.39, 0.29) is 5.91 Å². The zero-order valence-electron chi connectivity index (χ0n) is 18.3. The number of hydrogen-bond acceptors (Lipinski definition) is 5. The van der Waals surface area contributed by atoms with Crippen molar-refractivity contribution in [3.8, 4) is 11.5 Å². The van der Waals surface area contributed by atoms with Crippen LogP contribution in [0.15, 0.2) is 91.1 Å². The van der Waals surface area contributed by atoms with Crippen LogP contribution in [-0.4, -0.2) is 15.9 Å². The predicted octanol–water partition coefficient (Wildman–Crippen LogP) is 7.29. The van der Waals surface area contributed by atoms with Gasteiger partial charge >= 0.3 is 0 Å². The topological polar surface area (TPSA) is 55.3 Å². The summed E-state index contributed by atoms with van der Waals surface area (Å²) in [6.45, 7) is 2.27. The lowest BCUT2D eigenvalue weighted by atomic mass is 10.2. The molecule has 0 aliphatic rings. The van der Waals surface area contributed by atoms with Crippen LogP contribution in [0.3, 0.4) is 0 Å². The Morgan fingerprint density at radius 3 is 2.44 bits per heavy atom. The van der Waals surface area contributed by atoms with Crippen molar-refractivity contribution < 1.29 is 9.53 Å². The SMILES string of the molecule is Cc1cc(Cl)cc2sc(N(Cc3ccccn3)C(=O)c3ccc(Oc4ccccc4)cc3)nc12. The number of nitrogens with zero attached hydrogens (tertiary/aromatic N) is 3. The number of carbonyl (C=O) groups is 1. The van der Waals surface area contributed by atoms with Crippen molar-refractivity contribution in [1.29, 1.82) is 0 Å². The first kappa shape index (κ1) is 22.1. The molecule has 7 heteroatoms. The summed E-state index contributed by atoms with van der Waals surface area (Å²) in [6, 6.07) is 26.1. The molecule has 0 radical (unpaired) electrons. The van der Waals surface area contributed by atoms with Gasteiger partial charge in [-0.3, -0.25) is 14.7 Å². The number of rotatable bonds is 6. The Morgan fingerprint density at radius 2 is 1.71 bits per heavy atom. The molecule has 0 spiro atoms. The average Bonchev–Trinajstić information content (AvgIpc) is 3.28. The molecular formula is C27H20ClN3O2S. The summed E-state index contributed by atoms with van der Waals surface area (Å²) < 4.78 is 6.80. The van der Waals surface area contributed by atoms with Crippen LogP contribution in [0.5, 0.6) is 11.5 Å². The third-order valence-electron chi connectivity index (χ3n) is 5.24. The van der Waals surface area contributed by atoms with Crippen LogP contribution in [0.1, 0.15) is 21.6 Å². The van der Waals surface area contributed by atoms with Gasteiger partial charge in [0.1, 0.15) is 11.5 Å². The summed E-state index contributed by atoms with van der Waals surface area (Å²) in [5, 5.41) is 1.25. The van der Waals surface area contributed by atoms with Crippen LogP contribution >= 0.6 is 22.9 Å². The Labute approximate surface area is 206 Å². The number of para-hydroxylation sites is 1. The molecule has 0 saturated heterocycles. The second-order valence-corrected chi connectivity index (χ2v) is 9.16. The first-order valence-electron chi connectivity index (χ1n) is 10.7. The lowest BCUT2D eigenvalue weighted by Gasteiger charge is -2.20. The number of thiazole rings is 1. The number of benzene rings is 3. The minimum Gasteiger partial charge on any atom is -0.457 e. The van der Waals surface area contributed by atoms with E-state index in [4.69, 9.17) is 21.3 Å². The monoisotopic (exact) mass is 485 g/mol. The normalized spacial score (nSPS) is 10.9. The van der Waals surface area contributed by atoms with Gasteiger partial charge in [0, 0.05) is 16.8 Å². The third kappa shape index (κ3) is 4.78. The molecular weight excluding hydrogens is 466 g/mol. The molecule has 0 bridgehead atoms. The van der Waals surface area contributed by atoms with E-state index in [0.29, 0.717) is 28.0 Å². The first-order chi connectivity index (χ1) is 16.6. The fourth-order valence-electron chi connectivity index (χ4n) is 3.58. The molecule has 2 heterocycles. The highest BCUT2D eigenvalue weighted by Gasteiger charge is 2.23. The zero-order valence-corrected chi connectivity index (χ0v) is 19.9. The standard InChI is InChI=1S/C27H20ClN3O2S/c1-18-15-20(28)16-24-25(18)30-27(34-24)31(17-21-7-5-6-14-29-21)26(32)19-10-12-23(13-11-19)33-22-8-3-2-4-9-22/h2-16H,17H2,1H3. The summed E-state index contributed by atoms with van der Waals surface area (Å²) in [7, 11) is 0. The van der Waals surface area contributed by atoms with Gasteiger partial charge in [-0.15, -0.1) is 0 Å². The van der Waals surface area contributed by atoms with Crippen molar-refractivity contribution >= 4 is 44.2 Å². The number of carbonyl (C=O) groups excluding carboxylic acids is 1. The molecule has 0 unspecified atom stereocenters. The smallest absolute Gasteiger partial charge is 0.260 e. The fourth-order valence-corrected chi connectivity index (χ4v) is 5.00. The number of hydrogen-bond donors (Lipinski definition) is 0. The van der Waals surface area contributed by atoms with E-state index >= 15 is 0 Å². The zero-order chi connectivity index (χ0) is 23.5. The average molecular weight is 486 g/mol. The van der Waals surface area contributed by atoms with Crippen LogP contribution in [0.4, 0.5) is 5.13 Å². The Hall–Kier alpha value is -3.74. The van der Waals surface area contributed by atoms with Gasteiger partial charge in [-0.1, -0.05) is 47.2 Å². The molecule has 0 aliphatic heterocycles. The van der Waals surface area contributed by atoms with Gasteiger partial charge in [0.15, 0.2) is 5.13 Å². The molecule has 5 aromatic rings. The van der Waals surface area contributed by atoms with Crippen LogP contribution in [0.2, 0.25) is 5.02 Å². The minimum atomic E-state index is -0.167. The number of fused-ring (bicyclic) bond motifs is 1.